The molecule has 4 fully saturated rings. The molecule has 0 heterocycles. The van der Waals surface area contributed by atoms with Crippen molar-refractivity contribution in [2.45, 2.75) is 51.6 Å². The van der Waals surface area contributed by atoms with Gasteiger partial charge in [0.1, 0.15) is 0 Å². The zero-order valence-corrected chi connectivity index (χ0v) is 20.2. The molecular weight excluding hydrogens is 436 g/mol. The normalized spacial score (nSPS) is 27.4. The first-order chi connectivity index (χ1) is 16.0. The number of nitrogens with one attached hydrogen (secondary N) is 2. The van der Waals surface area contributed by atoms with Crippen molar-refractivity contribution in [2.75, 3.05) is 19.0 Å². The molecule has 0 aliphatic heterocycles. The highest BCUT2D eigenvalue weighted by Gasteiger charge is 2.47. The van der Waals surface area contributed by atoms with E-state index < -0.39 is 0 Å². The minimum Gasteiger partial charge on any atom is -0.493 e. The Hall–Kier alpha value is -2.24. The Bertz CT molecular complexity index is 979. The number of carbonyl (C=O) groups is 1. The molecule has 0 aromatic heterocycles. The summed E-state index contributed by atoms with van der Waals surface area (Å²) in [7, 11) is 1.60. The quantitative estimate of drug-likeness (QED) is 0.530. The second-order valence-corrected chi connectivity index (χ2v) is 10.6. The van der Waals surface area contributed by atoms with Crippen LogP contribution >= 0.6 is 11.6 Å². The first kappa shape index (κ1) is 22.5. The fourth-order valence-electron chi connectivity index (χ4n) is 6.48. The number of aryl methyl sites for hydroxylation is 1. The number of amides is 1. The maximum absolute atomic E-state index is 12.3. The van der Waals surface area contributed by atoms with Gasteiger partial charge in [-0.15, -0.1) is 0 Å². The van der Waals surface area contributed by atoms with Crippen molar-refractivity contribution in [2.24, 2.45) is 23.7 Å². The smallest absolute Gasteiger partial charge is 0.262 e. The summed E-state index contributed by atoms with van der Waals surface area (Å²) in [5.41, 5.74) is 2.94. The van der Waals surface area contributed by atoms with Gasteiger partial charge in [-0.25, -0.2) is 0 Å². The van der Waals surface area contributed by atoms with Crippen LogP contribution in [0.1, 0.15) is 43.2 Å². The van der Waals surface area contributed by atoms with Gasteiger partial charge in [0.25, 0.3) is 5.91 Å². The lowest BCUT2D eigenvalue weighted by Gasteiger charge is -2.54. The molecule has 4 saturated carbocycles. The third kappa shape index (κ3) is 4.99. The lowest BCUT2D eigenvalue weighted by molar-refractivity contribution is -0.118. The Balaban J connectivity index is 1.19. The molecule has 0 radical (unpaired) electrons. The van der Waals surface area contributed by atoms with Crippen molar-refractivity contribution >= 4 is 23.2 Å². The maximum Gasteiger partial charge on any atom is 0.262 e. The van der Waals surface area contributed by atoms with Crippen LogP contribution in [0.2, 0.25) is 5.02 Å². The number of methoxy groups -OCH3 is 1. The van der Waals surface area contributed by atoms with Gasteiger partial charge in [0.15, 0.2) is 18.1 Å². The van der Waals surface area contributed by atoms with Crippen LogP contribution in [0.15, 0.2) is 36.4 Å². The first-order valence-corrected chi connectivity index (χ1v) is 12.5. The van der Waals surface area contributed by atoms with Gasteiger partial charge >= 0.3 is 0 Å². The molecule has 5 nitrogen and oxygen atoms in total. The number of halogens is 1. The fraction of sp³-hybridized carbons (Fsp3) is 0.519. The van der Waals surface area contributed by atoms with Crippen LogP contribution in [0.4, 0.5) is 5.69 Å². The van der Waals surface area contributed by atoms with Crippen molar-refractivity contribution < 1.29 is 14.3 Å². The van der Waals surface area contributed by atoms with Crippen molar-refractivity contribution in [3.8, 4) is 11.5 Å². The summed E-state index contributed by atoms with van der Waals surface area (Å²) in [5.74, 6) is 4.30. The fourth-order valence-corrected chi connectivity index (χ4v) is 6.77. The lowest BCUT2D eigenvalue weighted by atomic mass is 9.54. The summed E-state index contributed by atoms with van der Waals surface area (Å²) in [6.07, 6.45) is 7.05. The highest BCUT2D eigenvalue weighted by Crippen LogP contribution is 2.53. The first-order valence-electron chi connectivity index (χ1n) is 12.1. The van der Waals surface area contributed by atoms with E-state index in [-0.39, 0.29) is 12.5 Å². The standard InChI is InChI=1S/C27H33ClN2O3/c1-16-3-5-22(6-4-16)30-25(31)15-33-27-23(28)12-19(13-24(27)32-2)14-29-26-20-8-17-7-18(10-20)11-21(26)9-17/h3-6,12-13,17-18,20-21,26,29H,7-11,14-15H2,1-2H3,(H,30,31). The van der Waals surface area contributed by atoms with Crippen LogP contribution in [0, 0.1) is 30.6 Å². The minimum absolute atomic E-state index is 0.144. The monoisotopic (exact) mass is 468 g/mol. The lowest BCUT2D eigenvalue weighted by Crippen LogP contribution is -2.54. The molecule has 4 aliphatic rings. The highest BCUT2D eigenvalue weighted by molar-refractivity contribution is 6.32. The van der Waals surface area contributed by atoms with Crippen LogP contribution < -0.4 is 20.1 Å². The van der Waals surface area contributed by atoms with E-state index in [1.807, 2.05) is 43.3 Å². The molecule has 2 aromatic rings. The molecule has 0 saturated heterocycles. The van der Waals surface area contributed by atoms with Gasteiger partial charge in [-0.3, -0.25) is 4.79 Å². The molecule has 0 spiro atoms. The SMILES string of the molecule is COc1cc(CNC2C3CC4CC(C3)CC2C4)cc(Cl)c1OCC(=O)Nc1ccc(C)cc1. The molecule has 1 amide bonds. The zero-order valence-electron chi connectivity index (χ0n) is 19.4. The van der Waals surface area contributed by atoms with Crippen molar-refractivity contribution in [3.63, 3.8) is 0 Å². The Morgan fingerprint density at radius 2 is 1.70 bits per heavy atom. The van der Waals surface area contributed by atoms with E-state index in [1.165, 1.54) is 32.1 Å². The van der Waals surface area contributed by atoms with Crippen LogP contribution in [0.25, 0.3) is 0 Å². The van der Waals surface area contributed by atoms with Gasteiger partial charge in [-0.2, -0.15) is 0 Å². The molecule has 6 rings (SSSR count). The molecule has 2 aromatic carbocycles. The van der Waals surface area contributed by atoms with E-state index in [4.69, 9.17) is 21.1 Å². The molecule has 4 aliphatic carbocycles. The van der Waals surface area contributed by atoms with Crippen LogP contribution in [-0.2, 0) is 11.3 Å². The van der Waals surface area contributed by atoms with Gasteiger partial charge < -0.3 is 20.1 Å². The van der Waals surface area contributed by atoms with Gasteiger partial charge in [0.2, 0.25) is 0 Å². The third-order valence-corrected chi connectivity index (χ3v) is 8.02. The van der Waals surface area contributed by atoms with Gasteiger partial charge in [0.05, 0.1) is 12.1 Å². The summed E-state index contributed by atoms with van der Waals surface area (Å²) in [5, 5.41) is 7.13. The van der Waals surface area contributed by atoms with E-state index >= 15 is 0 Å². The van der Waals surface area contributed by atoms with E-state index in [0.29, 0.717) is 22.6 Å². The summed E-state index contributed by atoms with van der Waals surface area (Å²) in [6, 6.07) is 12.1. The number of hydrogen-bond acceptors (Lipinski definition) is 4. The maximum atomic E-state index is 12.3. The largest absolute Gasteiger partial charge is 0.493 e. The molecular formula is C27H33ClN2O3. The van der Waals surface area contributed by atoms with Crippen LogP contribution in [0.3, 0.4) is 0 Å². The third-order valence-electron chi connectivity index (χ3n) is 7.74. The number of rotatable bonds is 8. The second kappa shape index (κ2) is 9.55. The predicted molar refractivity (Wildman–Crippen MR) is 131 cm³/mol. The highest BCUT2D eigenvalue weighted by atomic mass is 35.5. The summed E-state index contributed by atoms with van der Waals surface area (Å²) >= 11 is 6.55. The summed E-state index contributed by atoms with van der Waals surface area (Å²) < 4.78 is 11.3. The van der Waals surface area contributed by atoms with Crippen molar-refractivity contribution in [3.05, 3.63) is 52.5 Å². The number of hydrogen-bond donors (Lipinski definition) is 2. The van der Waals surface area contributed by atoms with Gasteiger partial charge in [-0.05, 0) is 92.5 Å². The number of anilines is 1. The summed E-state index contributed by atoms with van der Waals surface area (Å²) in [4.78, 5) is 12.3. The van der Waals surface area contributed by atoms with Crippen molar-refractivity contribution in [1.29, 1.82) is 0 Å². The minimum atomic E-state index is -0.246. The average Bonchev–Trinajstić information content (AvgIpc) is 2.78. The average molecular weight is 469 g/mol. The van der Waals surface area contributed by atoms with Crippen LogP contribution in [-0.4, -0.2) is 25.7 Å². The number of benzene rings is 2. The summed E-state index contributed by atoms with van der Waals surface area (Å²) in [6.45, 7) is 2.62. The zero-order chi connectivity index (χ0) is 22.9. The van der Waals surface area contributed by atoms with E-state index in [1.54, 1.807) is 7.11 Å². The predicted octanol–water partition coefficient (Wildman–Crippen LogP) is 5.59. The molecule has 6 heteroatoms. The Labute approximate surface area is 201 Å². The van der Waals surface area contributed by atoms with E-state index in [0.717, 1.165) is 47.0 Å². The van der Waals surface area contributed by atoms with Crippen LogP contribution in [0.5, 0.6) is 11.5 Å². The Morgan fingerprint density at radius 1 is 1.03 bits per heavy atom. The second-order valence-electron chi connectivity index (χ2n) is 10.1. The van der Waals surface area contributed by atoms with Gasteiger partial charge in [-0.1, -0.05) is 29.3 Å². The molecule has 0 unspecified atom stereocenters. The van der Waals surface area contributed by atoms with E-state index in [2.05, 4.69) is 10.6 Å². The number of ether oxygens (including phenoxy) is 2. The molecule has 0 atom stereocenters. The molecule has 4 bridgehead atoms. The Morgan fingerprint density at radius 3 is 2.33 bits per heavy atom. The van der Waals surface area contributed by atoms with Gasteiger partial charge in [0, 0.05) is 18.3 Å². The van der Waals surface area contributed by atoms with Crippen molar-refractivity contribution in [1.82, 2.24) is 5.32 Å². The molecule has 176 valence electrons. The van der Waals surface area contributed by atoms with E-state index in [9.17, 15) is 4.79 Å². The molecule has 2 N–H and O–H groups in total. The Kier molecular flexibility index (Phi) is 6.53. The topological polar surface area (TPSA) is 59.6 Å². The molecule has 33 heavy (non-hydrogen) atoms. The number of carbonyl (C=O) groups excluding carboxylic acids is 1.